The van der Waals surface area contributed by atoms with E-state index in [2.05, 4.69) is 4.98 Å². The van der Waals surface area contributed by atoms with Crippen LogP contribution in [0.2, 0.25) is 0 Å². The Kier molecular flexibility index (Phi) is 5.76. The number of carboxylic acid groups (broad SMARTS) is 1. The van der Waals surface area contributed by atoms with Gasteiger partial charge in [-0.2, -0.15) is 13.2 Å². The van der Waals surface area contributed by atoms with Gasteiger partial charge in [-0.25, -0.2) is 14.2 Å². The summed E-state index contributed by atoms with van der Waals surface area (Å²) < 4.78 is 58.9. The maximum absolute atomic E-state index is 14.5. The molecule has 0 fully saturated rings. The van der Waals surface area contributed by atoms with E-state index in [9.17, 15) is 27.5 Å². The molecule has 3 aromatic carbocycles. The molecule has 0 saturated carbocycles. The molecule has 4 rings (SSSR count). The smallest absolute Gasteiger partial charge is 0.416 e. The molecule has 0 bridgehead atoms. The quantitative estimate of drug-likeness (QED) is 0.335. The second kappa shape index (κ2) is 8.54. The zero-order chi connectivity index (χ0) is 23.8. The molecule has 8 heteroatoms. The number of nitrogens with zero attached hydrogens (tertiary/aromatic N) is 1. The maximum Gasteiger partial charge on any atom is 0.416 e. The van der Waals surface area contributed by atoms with Crippen molar-refractivity contribution in [1.29, 1.82) is 0 Å². The number of alkyl halides is 3. The SMILES string of the molecule is CCOc1ccc(-c2ccc(-c3cc(C(=O)O)c4cc(C(F)(F)F)ccc4n3)cc2)c(F)c1. The molecule has 0 saturated heterocycles. The third-order valence-electron chi connectivity index (χ3n) is 5.11. The highest BCUT2D eigenvalue weighted by Crippen LogP contribution is 2.34. The molecule has 0 radical (unpaired) electrons. The van der Waals surface area contributed by atoms with Crippen molar-refractivity contribution in [2.75, 3.05) is 6.61 Å². The van der Waals surface area contributed by atoms with Crippen LogP contribution >= 0.6 is 0 Å². The van der Waals surface area contributed by atoms with Crippen molar-refractivity contribution < 1.29 is 32.2 Å². The summed E-state index contributed by atoms with van der Waals surface area (Å²) in [5.74, 6) is -1.40. The number of aromatic nitrogens is 1. The highest BCUT2D eigenvalue weighted by atomic mass is 19.4. The van der Waals surface area contributed by atoms with Gasteiger partial charge in [-0.15, -0.1) is 0 Å². The van der Waals surface area contributed by atoms with E-state index in [1.54, 1.807) is 43.3 Å². The maximum atomic E-state index is 14.5. The molecule has 168 valence electrons. The zero-order valence-corrected chi connectivity index (χ0v) is 17.3. The Morgan fingerprint density at radius 2 is 1.67 bits per heavy atom. The summed E-state index contributed by atoms with van der Waals surface area (Å²) in [5.41, 5.74) is 0.652. The minimum atomic E-state index is -4.60. The summed E-state index contributed by atoms with van der Waals surface area (Å²) in [4.78, 5) is 16.1. The highest BCUT2D eigenvalue weighted by molar-refractivity contribution is 6.04. The van der Waals surface area contributed by atoms with Gasteiger partial charge >= 0.3 is 12.1 Å². The topological polar surface area (TPSA) is 59.4 Å². The fraction of sp³-hybridized carbons (Fsp3) is 0.120. The average Bonchev–Trinajstić information content (AvgIpc) is 2.78. The van der Waals surface area contributed by atoms with Crippen molar-refractivity contribution in [3.63, 3.8) is 0 Å². The predicted octanol–water partition coefficient (Wildman–Crippen LogP) is 6.82. The van der Waals surface area contributed by atoms with E-state index in [0.717, 1.165) is 18.2 Å². The predicted molar refractivity (Wildman–Crippen MR) is 116 cm³/mol. The van der Waals surface area contributed by atoms with E-state index < -0.39 is 23.5 Å². The number of ether oxygens (including phenoxy) is 1. The fourth-order valence-corrected chi connectivity index (χ4v) is 3.53. The number of fused-ring (bicyclic) bond motifs is 1. The van der Waals surface area contributed by atoms with Crippen LogP contribution in [0.1, 0.15) is 22.8 Å². The molecule has 0 aliphatic heterocycles. The van der Waals surface area contributed by atoms with Crippen LogP contribution in [0.5, 0.6) is 5.75 Å². The average molecular weight is 455 g/mol. The van der Waals surface area contributed by atoms with Crippen molar-refractivity contribution in [2.24, 2.45) is 0 Å². The third kappa shape index (κ3) is 4.50. The van der Waals surface area contributed by atoms with Crippen molar-refractivity contribution in [3.8, 4) is 28.1 Å². The standard InChI is InChI=1S/C25H17F4NO3/c1-2-33-17-8-9-18(21(26)12-17)14-3-5-15(6-4-14)23-13-20(24(31)32)19-11-16(25(27,28)29)7-10-22(19)30-23/h3-13H,2H2,1H3,(H,31,32). The van der Waals surface area contributed by atoms with Gasteiger partial charge in [0.15, 0.2) is 0 Å². The van der Waals surface area contributed by atoms with Crippen LogP contribution in [-0.2, 0) is 6.18 Å². The minimum absolute atomic E-state index is 0.103. The summed E-state index contributed by atoms with van der Waals surface area (Å²) >= 11 is 0. The first kappa shape index (κ1) is 22.3. The Labute approximate surface area is 186 Å². The van der Waals surface area contributed by atoms with Crippen molar-refractivity contribution >= 4 is 16.9 Å². The van der Waals surface area contributed by atoms with Gasteiger partial charge in [0.2, 0.25) is 0 Å². The molecule has 0 amide bonds. The number of carboxylic acids is 1. The molecule has 4 nitrogen and oxygen atoms in total. The summed E-state index contributed by atoms with van der Waals surface area (Å²) in [7, 11) is 0. The van der Waals surface area contributed by atoms with Crippen LogP contribution in [0.3, 0.4) is 0 Å². The van der Waals surface area contributed by atoms with E-state index >= 15 is 0 Å². The lowest BCUT2D eigenvalue weighted by Crippen LogP contribution is -2.06. The summed E-state index contributed by atoms with van der Waals surface area (Å²) in [6, 6.07) is 15.2. The molecule has 0 spiro atoms. The second-order valence-electron chi connectivity index (χ2n) is 7.24. The fourth-order valence-electron chi connectivity index (χ4n) is 3.53. The number of benzene rings is 3. The summed E-state index contributed by atoms with van der Waals surface area (Å²) in [6.45, 7) is 2.22. The van der Waals surface area contributed by atoms with Crippen LogP contribution in [0, 0.1) is 5.82 Å². The monoisotopic (exact) mass is 455 g/mol. The van der Waals surface area contributed by atoms with Crippen LogP contribution in [0.15, 0.2) is 66.7 Å². The Balaban J connectivity index is 1.74. The number of rotatable bonds is 5. The van der Waals surface area contributed by atoms with E-state index in [1.165, 1.54) is 12.1 Å². The second-order valence-corrected chi connectivity index (χ2v) is 7.24. The summed E-state index contributed by atoms with van der Waals surface area (Å²) in [5, 5.41) is 9.47. The van der Waals surface area contributed by atoms with Crippen LogP contribution in [0.4, 0.5) is 17.6 Å². The van der Waals surface area contributed by atoms with Crippen LogP contribution in [0.25, 0.3) is 33.3 Å². The van der Waals surface area contributed by atoms with Gasteiger partial charge in [0.05, 0.1) is 28.9 Å². The Bertz CT molecular complexity index is 1350. The van der Waals surface area contributed by atoms with E-state index in [4.69, 9.17) is 4.74 Å². The first-order valence-electron chi connectivity index (χ1n) is 9.96. The van der Waals surface area contributed by atoms with Gasteiger partial charge in [0.1, 0.15) is 11.6 Å². The first-order chi connectivity index (χ1) is 15.7. The Morgan fingerprint density at radius 3 is 2.27 bits per heavy atom. The van der Waals surface area contributed by atoms with Gasteiger partial charge < -0.3 is 9.84 Å². The molecule has 0 aliphatic carbocycles. The third-order valence-corrected chi connectivity index (χ3v) is 5.11. The largest absolute Gasteiger partial charge is 0.494 e. The van der Waals surface area contributed by atoms with Crippen LogP contribution < -0.4 is 4.74 Å². The van der Waals surface area contributed by atoms with Gasteiger partial charge in [-0.1, -0.05) is 24.3 Å². The molecule has 33 heavy (non-hydrogen) atoms. The van der Waals surface area contributed by atoms with E-state index in [1.807, 2.05) is 0 Å². The Morgan fingerprint density at radius 1 is 0.970 bits per heavy atom. The molecule has 0 aliphatic rings. The first-order valence-corrected chi connectivity index (χ1v) is 9.96. The number of halogens is 4. The molecule has 1 aromatic heterocycles. The molecule has 1 heterocycles. The molecule has 0 atom stereocenters. The lowest BCUT2D eigenvalue weighted by atomic mass is 9.99. The number of hydrogen-bond acceptors (Lipinski definition) is 3. The van der Waals surface area contributed by atoms with Gasteiger partial charge in [-0.3, -0.25) is 0 Å². The summed E-state index contributed by atoms with van der Waals surface area (Å²) in [6.07, 6.45) is -4.60. The molecule has 1 N–H and O–H groups in total. The molecule has 0 unspecified atom stereocenters. The molecular weight excluding hydrogens is 438 g/mol. The minimum Gasteiger partial charge on any atom is -0.494 e. The highest BCUT2D eigenvalue weighted by Gasteiger charge is 2.31. The molecule has 4 aromatic rings. The Hall–Kier alpha value is -3.94. The van der Waals surface area contributed by atoms with Crippen molar-refractivity contribution in [1.82, 2.24) is 4.98 Å². The number of hydrogen-bond donors (Lipinski definition) is 1. The van der Waals surface area contributed by atoms with Crippen molar-refractivity contribution in [3.05, 3.63) is 83.7 Å². The van der Waals surface area contributed by atoms with Gasteiger partial charge in [0.25, 0.3) is 0 Å². The number of carbonyl (C=O) groups is 1. The van der Waals surface area contributed by atoms with E-state index in [0.29, 0.717) is 29.0 Å². The van der Waals surface area contributed by atoms with Gasteiger partial charge in [-0.05, 0) is 48.9 Å². The number of aromatic carboxylic acids is 1. The normalized spacial score (nSPS) is 11.5. The lowest BCUT2D eigenvalue weighted by Gasteiger charge is -2.11. The number of pyridine rings is 1. The van der Waals surface area contributed by atoms with Gasteiger partial charge in [0, 0.05) is 22.6 Å². The lowest BCUT2D eigenvalue weighted by molar-refractivity contribution is -0.137. The van der Waals surface area contributed by atoms with Crippen molar-refractivity contribution in [2.45, 2.75) is 13.1 Å². The molecular formula is C25H17F4NO3. The van der Waals surface area contributed by atoms with Crippen LogP contribution in [-0.4, -0.2) is 22.7 Å². The zero-order valence-electron chi connectivity index (χ0n) is 17.3. The van der Waals surface area contributed by atoms with E-state index in [-0.39, 0.29) is 22.2 Å².